The summed E-state index contributed by atoms with van der Waals surface area (Å²) in [4.78, 5) is 36.6. The van der Waals surface area contributed by atoms with Gasteiger partial charge in [0, 0.05) is 5.56 Å². The van der Waals surface area contributed by atoms with Crippen LogP contribution in [0.1, 0.15) is 36.7 Å². The molecule has 7 nitrogen and oxygen atoms in total. The van der Waals surface area contributed by atoms with Gasteiger partial charge in [-0.3, -0.25) is 4.79 Å². The normalized spacial score (nSPS) is 11.3. The number of ether oxygens (including phenoxy) is 2. The van der Waals surface area contributed by atoms with Gasteiger partial charge in [0.15, 0.2) is 17.3 Å². The summed E-state index contributed by atoms with van der Waals surface area (Å²) >= 11 is 0. The molecule has 0 fully saturated rings. The summed E-state index contributed by atoms with van der Waals surface area (Å²) in [5.74, 6) is 0.487. The molecule has 0 bridgehead atoms. The molecule has 0 spiro atoms. The minimum Gasteiger partial charge on any atom is -0.493 e. The highest BCUT2D eigenvalue weighted by Gasteiger charge is 2.20. The Morgan fingerprint density at radius 3 is 2.21 bits per heavy atom. The van der Waals surface area contributed by atoms with Gasteiger partial charge in [-0.2, -0.15) is 0 Å². The molecule has 0 aliphatic heterocycles. The number of benzene rings is 3. The van der Waals surface area contributed by atoms with Crippen LogP contribution in [0.25, 0.3) is 22.3 Å². The number of hydrogen-bond donors (Lipinski definition) is 0. The van der Waals surface area contributed by atoms with Crippen LogP contribution in [0.4, 0.5) is 0 Å². The van der Waals surface area contributed by atoms with E-state index in [1.54, 1.807) is 54.6 Å². The summed E-state index contributed by atoms with van der Waals surface area (Å²) in [5, 5.41) is 0.336. The van der Waals surface area contributed by atoms with Crippen molar-refractivity contribution in [3.63, 3.8) is 0 Å². The second-order valence-corrected chi connectivity index (χ2v) is 8.83. The van der Waals surface area contributed by atoms with E-state index < -0.39 is 11.5 Å². The summed E-state index contributed by atoms with van der Waals surface area (Å²) in [7, 11) is 3.05. The maximum atomic E-state index is 13.3. The lowest BCUT2D eigenvalue weighted by Gasteiger charge is -2.19. The number of hydrogen-bond acceptors (Lipinski definition) is 6. The molecule has 0 unspecified atom stereocenters. The third-order valence-electron chi connectivity index (χ3n) is 5.54. The van der Waals surface area contributed by atoms with E-state index >= 15 is 0 Å². The molecule has 7 heteroatoms. The van der Waals surface area contributed by atoms with Crippen LogP contribution in [0.3, 0.4) is 0 Å². The Kier molecular flexibility index (Phi) is 6.11. The fourth-order valence-electron chi connectivity index (χ4n) is 3.60. The lowest BCUT2D eigenvalue weighted by Crippen LogP contribution is -2.33. The molecule has 1 heterocycles. The standard InChI is InChI=1S/C27H26N2O5/c1-27(2,3)19-13-10-17(11-14-19)26(31)34-29-24(18-12-15-22(32-4)23(16-18)33-5)28-21-9-7-6-8-20(21)25(29)30/h6-16H,1-5H3. The highest BCUT2D eigenvalue weighted by Crippen LogP contribution is 2.31. The van der Waals surface area contributed by atoms with Gasteiger partial charge in [-0.15, -0.1) is 4.73 Å². The number of para-hydroxylation sites is 1. The predicted octanol–water partition coefficient (Wildman–Crippen LogP) is 4.65. The van der Waals surface area contributed by atoms with Crippen molar-refractivity contribution in [1.29, 1.82) is 0 Å². The van der Waals surface area contributed by atoms with Gasteiger partial charge in [-0.1, -0.05) is 45.0 Å². The molecule has 0 radical (unpaired) electrons. The van der Waals surface area contributed by atoms with E-state index in [0.717, 1.165) is 10.3 Å². The van der Waals surface area contributed by atoms with Crippen LogP contribution < -0.4 is 19.9 Å². The van der Waals surface area contributed by atoms with Crippen LogP contribution in [-0.2, 0) is 5.41 Å². The molecular formula is C27H26N2O5. The summed E-state index contributed by atoms with van der Waals surface area (Å²) in [6, 6.07) is 19.2. The number of aromatic nitrogens is 2. The first-order chi connectivity index (χ1) is 16.2. The smallest absolute Gasteiger partial charge is 0.363 e. The van der Waals surface area contributed by atoms with Gasteiger partial charge >= 0.3 is 5.97 Å². The average Bonchev–Trinajstić information content (AvgIpc) is 2.84. The van der Waals surface area contributed by atoms with Crippen LogP contribution in [0.15, 0.2) is 71.5 Å². The molecule has 0 atom stereocenters. The summed E-state index contributed by atoms with van der Waals surface area (Å²) < 4.78 is 11.6. The van der Waals surface area contributed by atoms with Crippen LogP contribution >= 0.6 is 0 Å². The summed E-state index contributed by atoms with van der Waals surface area (Å²) in [5.41, 5.74) is 1.87. The Hall–Kier alpha value is -4.13. The largest absolute Gasteiger partial charge is 0.493 e. The number of carbonyl (C=O) groups is 1. The second-order valence-electron chi connectivity index (χ2n) is 8.83. The highest BCUT2D eigenvalue weighted by atomic mass is 16.7. The summed E-state index contributed by atoms with van der Waals surface area (Å²) in [6.45, 7) is 6.28. The van der Waals surface area contributed by atoms with E-state index in [0.29, 0.717) is 33.5 Å². The van der Waals surface area contributed by atoms with Crippen molar-refractivity contribution >= 4 is 16.9 Å². The molecule has 0 aliphatic rings. The first-order valence-corrected chi connectivity index (χ1v) is 10.8. The van der Waals surface area contributed by atoms with E-state index in [2.05, 4.69) is 25.8 Å². The van der Waals surface area contributed by atoms with Gasteiger partial charge in [0.05, 0.1) is 30.7 Å². The molecule has 0 saturated heterocycles. The van der Waals surface area contributed by atoms with Crippen molar-refractivity contribution in [3.05, 3.63) is 88.2 Å². The van der Waals surface area contributed by atoms with Crippen LogP contribution in [0.5, 0.6) is 11.5 Å². The average molecular weight is 459 g/mol. The lowest BCUT2D eigenvalue weighted by atomic mass is 9.87. The quantitative estimate of drug-likeness (QED) is 0.433. The minimum atomic E-state index is -0.665. The van der Waals surface area contributed by atoms with Crippen molar-refractivity contribution in [2.24, 2.45) is 0 Å². The van der Waals surface area contributed by atoms with Crippen molar-refractivity contribution in [2.75, 3.05) is 14.2 Å². The van der Waals surface area contributed by atoms with E-state index in [-0.39, 0.29) is 11.2 Å². The second kappa shape index (κ2) is 9.02. The predicted molar refractivity (Wildman–Crippen MR) is 131 cm³/mol. The first-order valence-electron chi connectivity index (χ1n) is 10.8. The molecule has 174 valence electrons. The third kappa shape index (κ3) is 4.37. The highest BCUT2D eigenvalue weighted by molar-refractivity contribution is 5.90. The van der Waals surface area contributed by atoms with Gasteiger partial charge < -0.3 is 14.3 Å². The van der Waals surface area contributed by atoms with Crippen LogP contribution in [0, 0.1) is 0 Å². The van der Waals surface area contributed by atoms with Gasteiger partial charge in [0.2, 0.25) is 0 Å². The van der Waals surface area contributed by atoms with E-state index in [1.165, 1.54) is 14.2 Å². The van der Waals surface area contributed by atoms with Crippen LogP contribution in [-0.4, -0.2) is 29.9 Å². The molecule has 4 rings (SSSR count). The monoisotopic (exact) mass is 458 g/mol. The van der Waals surface area contributed by atoms with Crippen molar-refractivity contribution < 1.29 is 19.1 Å². The third-order valence-corrected chi connectivity index (χ3v) is 5.54. The van der Waals surface area contributed by atoms with E-state index in [4.69, 9.17) is 14.3 Å². The minimum absolute atomic E-state index is 0.0533. The topological polar surface area (TPSA) is 79.6 Å². The van der Waals surface area contributed by atoms with Gasteiger partial charge in [0.1, 0.15) is 0 Å². The number of nitrogens with zero attached hydrogens (tertiary/aromatic N) is 2. The van der Waals surface area contributed by atoms with Gasteiger partial charge in [-0.25, -0.2) is 9.78 Å². The fraction of sp³-hybridized carbons (Fsp3) is 0.222. The lowest BCUT2D eigenvalue weighted by molar-refractivity contribution is 0.0449. The van der Waals surface area contributed by atoms with Crippen LogP contribution in [0.2, 0.25) is 0 Å². The number of fused-ring (bicyclic) bond motifs is 1. The molecule has 34 heavy (non-hydrogen) atoms. The number of rotatable bonds is 5. The Labute approximate surface area is 197 Å². The molecular weight excluding hydrogens is 432 g/mol. The molecule has 0 N–H and O–H groups in total. The first kappa shape index (κ1) is 23.0. The molecule has 1 aromatic heterocycles. The molecule has 4 aromatic rings. The summed E-state index contributed by atoms with van der Waals surface area (Å²) in [6.07, 6.45) is 0. The zero-order valence-corrected chi connectivity index (χ0v) is 19.8. The number of methoxy groups -OCH3 is 2. The fourth-order valence-corrected chi connectivity index (χ4v) is 3.60. The van der Waals surface area contributed by atoms with Gasteiger partial charge in [-0.05, 0) is 53.4 Å². The maximum Gasteiger partial charge on any atom is 0.363 e. The van der Waals surface area contributed by atoms with Gasteiger partial charge in [0.25, 0.3) is 5.56 Å². The molecule has 3 aromatic carbocycles. The molecule has 0 saturated carbocycles. The Bertz CT molecular complexity index is 1420. The van der Waals surface area contributed by atoms with E-state index in [1.807, 2.05) is 12.1 Å². The molecule has 0 amide bonds. The zero-order valence-electron chi connectivity index (χ0n) is 19.8. The zero-order chi connectivity index (χ0) is 24.5. The Morgan fingerprint density at radius 2 is 1.56 bits per heavy atom. The molecule has 0 aliphatic carbocycles. The Morgan fingerprint density at radius 1 is 0.882 bits per heavy atom. The van der Waals surface area contributed by atoms with Crippen molar-refractivity contribution in [2.45, 2.75) is 26.2 Å². The van der Waals surface area contributed by atoms with E-state index in [9.17, 15) is 9.59 Å². The Balaban J connectivity index is 1.82. The van der Waals surface area contributed by atoms with Crippen molar-refractivity contribution in [1.82, 2.24) is 9.71 Å². The SMILES string of the molecule is COc1ccc(-c2nc3ccccc3c(=O)n2OC(=O)c2ccc(C(C)(C)C)cc2)cc1OC. The number of carbonyl (C=O) groups excluding carboxylic acids is 1. The van der Waals surface area contributed by atoms with Crippen molar-refractivity contribution in [3.8, 4) is 22.9 Å². The maximum absolute atomic E-state index is 13.3.